The van der Waals surface area contributed by atoms with Gasteiger partial charge in [0.15, 0.2) is 0 Å². The van der Waals surface area contributed by atoms with Crippen molar-refractivity contribution >= 4 is 5.97 Å². The van der Waals surface area contributed by atoms with Crippen molar-refractivity contribution in [3.05, 3.63) is 60.2 Å². The van der Waals surface area contributed by atoms with Gasteiger partial charge in [-0.05, 0) is 37.0 Å². The molecule has 0 bridgehead atoms. The monoisotopic (exact) mass is 287 g/mol. The van der Waals surface area contributed by atoms with Crippen molar-refractivity contribution in [2.45, 2.75) is 32.7 Å². The molecule has 1 aromatic rings. The average molecular weight is 287 g/mol. The van der Waals surface area contributed by atoms with Crippen LogP contribution in [0.1, 0.15) is 23.1 Å². The largest absolute Gasteiger partial charge is 0.481 e. The normalized spacial score (nSPS) is 12.1. The standard InChI is InChI=1S/C18H25NO2/c1-5-9-19(10-6-2)17(13-18(20)21)12-16-8-7-14(3)15(4)11-16/h5-8,11,17H,1-2,9-10,12-13H2,3-4H3,(H,20,21). The van der Waals surface area contributed by atoms with E-state index in [1.54, 1.807) is 12.2 Å². The van der Waals surface area contributed by atoms with E-state index >= 15 is 0 Å². The summed E-state index contributed by atoms with van der Waals surface area (Å²) in [6.07, 6.45) is 4.45. The van der Waals surface area contributed by atoms with Crippen molar-refractivity contribution in [2.75, 3.05) is 13.1 Å². The summed E-state index contributed by atoms with van der Waals surface area (Å²) in [5.41, 5.74) is 3.66. The Morgan fingerprint density at radius 3 is 2.33 bits per heavy atom. The lowest BCUT2D eigenvalue weighted by atomic mass is 9.98. The second kappa shape index (κ2) is 8.42. The van der Waals surface area contributed by atoms with Crippen molar-refractivity contribution in [1.82, 2.24) is 4.90 Å². The zero-order valence-corrected chi connectivity index (χ0v) is 13.0. The van der Waals surface area contributed by atoms with Gasteiger partial charge in [-0.3, -0.25) is 9.69 Å². The highest BCUT2D eigenvalue weighted by atomic mass is 16.4. The number of hydrogen-bond donors (Lipinski definition) is 1. The molecule has 0 amide bonds. The Morgan fingerprint density at radius 2 is 1.86 bits per heavy atom. The molecular formula is C18H25NO2. The van der Waals surface area contributed by atoms with Gasteiger partial charge in [-0.1, -0.05) is 30.4 Å². The first-order valence-corrected chi connectivity index (χ1v) is 7.21. The van der Waals surface area contributed by atoms with Gasteiger partial charge >= 0.3 is 5.97 Å². The van der Waals surface area contributed by atoms with Crippen LogP contribution in [0, 0.1) is 13.8 Å². The van der Waals surface area contributed by atoms with Gasteiger partial charge in [-0.25, -0.2) is 0 Å². The van der Waals surface area contributed by atoms with Gasteiger partial charge in [0.25, 0.3) is 0 Å². The minimum atomic E-state index is -0.776. The highest BCUT2D eigenvalue weighted by Gasteiger charge is 2.20. The van der Waals surface area contributed by atoms with Gasteiger partial charge in [0.05, 0.1) is 6.42 Å². The van der Waals surface area contributed by atoms with E-state index in [-0.39, 0.29) is 12.5 Å². The van der Waals surface area contributed by atoms with Gasteiger partial charge in [-0.15, -0.1) is 13.2 Å². The zero-order valence-electron chi connectivity index (χ0n) is 13.0. The molecule has 21 heavy (non-hydrogen) atoms. The van der Waals surface area contributed by atoms with E-state index in [0.717, 1.165) is 6.42 Å². The number of carboxylic acids is 1. The number of rotatable bonds is 9. The maximum absolute atomic E-state index is 11.2. The number of aryl methyl sites for hydroxylation is 2. The maximum atomic E-state index is 11.2. The fourth-order valence-corrected chi connectivity index (χ4v) is 2.44. The third-order valence-corrected chi connectivity index (χ3v) is 3.70. The predicted octanol–water partition coefficient (Wildman–Crippen LogP) is 3.36. The van der Waals surface area contributed by atoms with E-state index in [2.05, 4.69) is 50.1 Å². The Morgan fingerprint density at radius 1 is 1.24 bits per heavy atom. The third kappa shape index (κ3) is 5.56. The quantitative estimate of drug-likeness (QED) is 0.708. The smallest absolute Gasteiger partial charge is 0.304 e. The first-order chi connectivity index (χ1) is 9.97. The van der Waals surface area contributed by atoms with Crippen LogP contribution in [0.15, 0.2) is 43.5 Å². The van der Waals surface area contributed by atoms with Crippen LogP contribution in [-0.2, 0) is 11.2 Å². The number of nitrogens with zero attached hydrogens (tertiary/aromatic N) is 1. The van der Waals surface area contributed by atoms with Crippen molar-refractivity contribution in [1.29, 1.82) is 0 Å². The summed E-state index contributed by atoms with van der Waals surface area (Å²) in [6, 6.07) is 6.26. The Bertz CT molecular complexity index is 498. The van der Waals surface area contributed by atoms with Crippen LogP contribution < -0.4 is 0 Å². The van der Waals surface area contributed by atoms with Crippen LogP contribution in [0.2, 0.25) is 0 Å². The molecule has 3 nitrogen and oxygen atoms in total. The first-order valence-electron chi connectivity index (χ1n) is 7.21. The molecule has 0 aliphatic heterocycles. The SMILES string of the molecule is C=CCN(CC=C)C(CC(=O)O)Cc1ccc(C)c(C)c1. The highest BCUT2D eigenvalue weighted by Crippen LogP contribution is 2.16. The number of aliphatic carboxylic acids is 1. The van der Waals surface area contributed by atoms with Crippen LogP contribution in [-0.4, -0.2) is 35.1 Å². The molecule has 1 N–H and O–H groups in total. The lowest BCUT2D eigenvalue weighted by Crippen LogP contribution is -2.38. The summed E-state index contributed by atoms with van der Waals surface area (Å²) in [4.78, 5) is 13.3. The predicted molar refractivity (Wildman–Crippen MR) is 87.6 cm³/mol. The summed E-state index contributed by atoms with van der Waals surface area (Å²) in [5, 5.41) is 9.17. The minimum Gasteiger partial charge on any atom is -0.481 e. The molecule has 0 spiro atoms. The average Bonchev–Trinajstić information content (AvgIpc) is 2.41. The summed E-state index contributed by atoms with van der Waals surface area (Å²) < 4.78 is 0. The number of carboxylic acid groups (broad SMARTS) is 1. The molecule has 0 heterocycles. The Labute approximate surface area is 127 Å². The Kier molecular flexibility index (Phi) is 6.89. The van der Waals surface area contributed by atoms with E-state index in [1.807, 2.05) is 0 Å². The lowest BCUT2D eigenvalue weighted by molar-refractivity contribution is -0.138. The fourth-order valence-electron chi connectivity index (χ4n) is 2.44. The molecular weight excluding hydrogens is 262 g/mol. The maximum Gasteiger partial charge on any atom is 0.304 e. The number of hydrogen-bond acceptors (Lipinski definition) is 2. The third-order valence-electron chi connectivity index (χ3n) is 3.70. The van der Waals surface area contributed by atoms with E-state index in [4.69, 9.17) is 5.11 Å². The molecule has 0 aromatic heterocycles. The van der Waals surface area contributed by atoms with E-state index in [9.17, 15) is 4.79 Å². The van der Waals surface area contributed by atoms with E-state index in [0.29, 0.717) is 13.1 Å². The minimum absolute atomic E-state index is 0.0550. The molecule has 3 heteroatoms. The highest BCUT2D eigenvalue weighted by molar-refractivity contribution is 5.67. The van der Waals surface area contributed by atoms with Crippen molar-refractivity contribution in [3.8, 4) is 0 Å². The van der Waals surface area contributed by atoms with Gasteiger partial charge < -0.3 is 5.11 Å². The molecule has 1 aromatic carbocycles. The van der Waals surface area contributed by atoms with E-state index in [1.165, 1.54) is 16.7 Å². The first kappa shape index (κ1) is 17.2. The molecule has 0 fully saturated rings. The molecule has 0 aliphatic carbocycles. The van der Waals surface area contributed by atoms with E-state index < -0.39 is 5.97 Å². The second-order valence-electron chi connectivity index (χ2n) is 5.41. The topological polar surface area (TPSA) is 40.5 Å². The fraction of sp³-hybridized carbons (Fsp3) is 0.389. The molecule has 1 unspecified atom stereocenters. The van der Waals surface area contributed by atoms with Gasteiger partial charge in [0.1, 0.15) is 0 Å². The van der Waals surface area contributed by atoms with Crippen LogP contribution >= 0.6 is 0 Å². The number of benzene rings is 1. The van der Waals surface area contributed by atoms with Crippen molar-refractivity contribution in [3.63, 3.8) is 0 Å². The summed E-state index contributed by atoms with van der Waals surface area (Å²) >= 11 is 0. The molecule has 1 atom stereocenters. The molecule has 0 radical (unpaired) electrons. The molecule has 1 rings (SSSR count). The summed E-state index contributed by atoms with van der Waals surface area (Å²) in [7, 11) is 0. The Balaban J connectivity index is 2.94. The van der Waals surface area contributed by atoms with Crippen LogP contribution in [0.25, 0.3) is 0 Å². The summed E-state index contributed by atoms with van der Waals surface area (Å²) in [5.74, 6) is -0.776. The summed E-state index contributed by atoms with van der Waals surface area (Å²) in [6.45, 7) is 13.0. The Hall–Kier alpha value is -1.87. The number of carbonyl (C=O) groups is 1. The lowest BCUT2D eigenvalue weighted by Gasteiger charge is -2.29. The molecule has 0 aliphatic rings. The van der Waals surface area contributed by atoms with Gasteiger partial charge in [0.2, 0.25) is 0 Å². The zero-order chi connectivity index (χ0) is 15.8. The molecule has 114 valence electrons. The van der Waals surface area contributed by atoms with Crippen molar-refractivity contribution < 1.29 is 9.90 Å². The van der Waals surface area contributed by atoms with Crippen molar-refractivity contribution in [2.24, 2.45) is 0 Å². The molecule has 0 saturated heterocycles. The van der Waals surface area contributed by atoms with Crippen LogP contribution in [0.5, 0.6) is 0 Å². The van der Waals surface area contributed by atoms with Crippen LogP contribution in [0.3, 0.4) is 0 Å². The molecule has 0 saturated carbocycles. The van der Waals surface area contributed by atoms with Crippen LogP contribution in [0.4, 0.5) is 0 Å². The van der Waals surface area contributed by atoms with Gasteiger partial charge in [0, 0.05) is 19.1 Å². The van der Waals surface area contributed by atoms with Gasteiger partial charge in [-0.2, -0.15) is 0 Å². The second-order valence-corrected chi connectivity index (χ2v) is 5.41.